The third-order valence-corrected chi connectivity index (χ3v) is 2.80. The van der Waals surface area contributed by atoms with Gasteiger partial charge in [-0.05, 0) is 13.8 Å². The Balaban J connectivity index is 2.57. The third-order valence-electron chi connectivity index (χ3n) is 2.35. The van der Waals surface area contributed by atoms with Crippen LogP contribution in [0.15, 0.2) is 29.1 Å². The second kappa shape index (κ2) is 4.10. The molecule has 0 atom stereocenters. The van der Waals surface area contributed by atoms with Crippen LogP contribution in [-0.4, -0.2) is 9.97 Å². The zero-order chi connectivity index (χ0) is 11.7. The molecule has 2 rings (SSSR count). The number of nitrogens with zero attached hydrogens (tertiary/aromatic N) is 1. The molecule has 0 fully saturated rings. The van der Waals surface area contributed by atoms with Crippen molar-refractivity contribution in [1.29, 1.82) is 0 Å². The molecule has 0 aliphatic rings. The molecule has 1 N–H and O–H groups in total. The lowest BCUT2D eigenvalue weighted by atomic mass is 10.1. The maximum Gasteiger partial charge on any atom is 0.270 e. The molecule has 0 amide bonds. The highest BCUT2D eigenvalue weighted by Gasteiger charge is 2.06. The average molecular weight is 235 g/mol. The van der Waals surface area contributed by atoms with Crippen molar-refractivity contribution in [3.8, 4) is 11.4 Å². The second-order valence-electron chi connectivity index (χ2n) is 3.68. The molecule has 4 heteroatoms. The second-order valence-corrected chi connectivity index (χ2v) is 4.06. The van der Waals surface area contributed by atoms with Crippen LogP contribution in [0.4, 0.5) is 0 Å². The van der Waals surface area contributed by atoms with Gasteiger partial charge < -0.3 is 4.98 Å². The number of aryl methyl sites for hydroxylation is 2. The van der Waals surface area contributed by atoms with Crippen LogP contribution < -0.4 is 5.56 Å². The van der Waals surface area contributed by atoms with Crippen LogP contribution in [0.25, 0.3) is 11.4 Å². The molecule has 0 aliphatic heterocycles. The van der Waals surface area contributed by atoms with Gasteiger partial charge in [0.2, 0.25) is 0 Å². The molecule has 82 valence electrons. The van der Waals surface area contributed by atoms with E-state index in [0.29, 0.717) is 11.5 Å². The van der Waals surface area contributed by atoms with Crippen LogP contribution in [0.3, 0.4) is 0 Å². The standard InChI is InChI=1S/C12H11ClN2O/c1-7-3-5-9(6-4-7)11-14-8(2)10(13)12(16)15-11/h3-6H,1-2H3,(H,14,15,16). The SMILES string of the molecule is Cc1ccc(-c2nc(C)c(Cl)c(=O)[nH]2)cc1. The molecule has 1 aromatic heterocycles. The Morgan fingerprint density at radius 1 is 1.19 bits per heavy atom. The number of nitrogens with one attached hydrogen (secondary N) is 1. The van der Waals surface area contributed by atoms with Gasteiger partial charge in [0, 0.05) is 5.56 Å². The number of hydrogen-bond acceptors (Lipinski definition) is 2. The maximum absolute atomic E-state index is 11.5. The fourth-order valence-corrected chi connectivity index (χ4v) is 1.51. The predicted octanol–water partition coefficient (Wildman–Crippen LogP) is 2.71. The highest BCUT2D eigenvalue weighted by molar-refractivity contribution is 6.30. The fraction of sp³-hybridized carbons (Fsp3) is 0.167. The van der Waals surface area contributed by atoms with Crippen molar-refractivity contribution >= 4 is 11.6 Å². The lowest BCUT2D eigenvalue weighted by molar-refractivity contribution is 1.07. The summed E-state index contributed by atoms with van der Waals surface area (Å²) in [7, 11) is 0. The minimum atomic E-state index is -0.301. The lowest BCUT2D eigenvalue weighted by Crippen LogP contribution is -2.11. The molecule has 0 radical (unpaired) electrons. The van der Waals surface area contributed by atoms with E-state index in [-0.39, 0.29) is 10.6 Å². The molecule has 0 saturated heterocycles. The summed E-state index contributed by atoms with van der Waals surface area (Å²) in [5.74, 6) is 0.548. The van der Waals surface area contributed by atoms with E-state index >= 15 is 0 Å². The van der Waals surface area contributed by atoms with Gasteiger partial charge in [-0.1, -0.05) is 41.4 Å². The number of halogens is 1. The summed E-state index contributed by atoms with van der Waals surface area (Å²) < 4.78 is 0. The molecule has 0 saturated carbocycles. The number of benzene rings is 1. The van der Waals surface area contributed by atoms with Gasteiger partial charge in [-0.3, -0.25) is 4.79 Å². The first-order chi connectivity index (χ1) is 7.58. The van der Waals surface area contributed by atoms with Gasteiger partial charge in [-0.2, -0.15) is 0 Å². The van der Waals surface area contributed by atoms with Crippen LogP contribution in [-0.2, 0) is 0 Å². The Morgan fingerprint density at radius 3 is 2.38 bits per heavy atom. The Hall–Kier alpha value is -1.61. The number of aromatic amines is 1. The Kier molecular flexibility index (Phi) is 2.79. The Bertz CT molecular complexity index is 573. The van der Waals surface area contributed by atoms with Crippen LogP contribution in [0.2, 0.25) is 5.02 Å². The zero-order valence-corrected chi connectivity index (χ0v) is 9.80. The van der Waals surface area contributed by atoms with E-state index in [2.05, 4.69) is 9.97 Å². The monoisotopic (exact) mass is 234 g/mol. The molecular weight excluding hydrogens is 224 g/mol. The third kappa shape index (κ3) is 1.99. The first kappa shape index (κ1) is 10.9. The fourth-order valence-electron chi connectivity index (χ4n) is 1.42. The van der Waals surface area contributed by atoms with Crippen molar-refractivity contribution in [2.24, 2.45) is 0 Å². The number of H-pyrrole nitrogens is 1. The quantitative estimate of drug-likeness (QED) is 0.825. The summed E-state index contributed by atoms with van der Waals surface area (Å²) in [6.07, 6.45) is 0. The van der Waals surface area contributed by atoms with Gasteiger partial charge >= 0.3 is 0 Å². The minimum absolute atomic E-state index is 0.149. The van der Waals surface area contributed by atoms with Crippen molar-refractivity contribution in [2.75, 3.05) is 0 Å². The number of aromatic nitrogens is 2. The summed E-state index contributed by atoms with van der Waals surface area (Å²) in [6.45, 7) is 3.72. The molecule has 1 heterocycles. The van der Waals surface area contributed by atoms with E-state index in [1.807, 2.05) is 31.2 Å². The van der Waals surface area contributed by atoms with Crippen molar-refractivity contribution in [1.82, 2.24) is 9.97 Å². The summed E-state index contributed by atoms with van der Waals surface area (Å²) >= 11 is 5.76. The van der Waals surface area contributed by atoms with E-state index in [4.69, 9.17) is 11.6 Å². The van der Waals surface area contributed by atoms with Crippen molar-refractivity contribution in [3.05, 3.63) is 50.9 Å². The predicted molar refractivity (Wildman–Crippen MR) is 64.8 cm³/mol. The van der Waals surface area contributed by atoms with Gasteiger partial charge in [0.25, 0.3) is 5.56 Å². The molecule has 0 aliphatic carbocycles. The molecular formula is C12H11ClN2O. The highest BCUT2D eigenvalue weighted by Crippen LogP contribution is 2.16. The molecule has 0 unspecified atom stereocenters. The first-order valence-corrected chi connectivity index (χ1v) is 5.29. The average Bonchev–Trinajstić information content (AvgIpc) is 2.26. The normalized spacial score (nSPS) is 10.4. The molecule has 1 aromatic carbocycles. The largest absolute Gasteiger partial charge is 0.305 e. The van der Waals surface area contributed by atoms with E-state index in [1.165, 1.54) is 0 Å². The Morgan fingerprint density at radius 2 is 1.81 bits per heavy atom. The van der Waals surface area contributed by atoms with Gasteiger partial charge in [0.1, 0.15) is 10.8 Å². The highest BCUT2D eigenvalue weighted by atomic mass is 35.5. The summed E-state index contributed by atoms with van der Waals surface area (Å²) in [5, 5.41) is 0.149. The van der Waals surface area contributed by atoms with E-state index in [0.717, 1.165) is 11.1 Å². The van der Waals surface area contributed by atoms with Crippen LogP contribution in [0, 0.1) is 13.8 Å². The molecule has 0 bridgehead atoms. The summed E-state index contributed by atoms with van der Waals surface area (Å²) in [5.41, 5.74) is 2.28. The van der Waals surface area contributed by atoms with E-state index in [1.54, 1.807) is 6.92 Å². The van der Waals surface area contributed by atoms with Crippen molar-refractivity contribution in [3.63, 3.8) is 0 Å². The number of rotatable bonds is 1. The summed E-state index contributed by atoms with van der Waals surface area (Å²) in [4.78, 5) is 18.4. The van der Waals surface area contributed by atoms with Gasteiger partial charge in [0.05, 0.1) is 5.69 Å². The summed E-state index contributed by atoms with van der Waals surface area (Å²) in [6, 6.07) is 7.78. The van der Waals surface area contributed by atoms with Gasteiger partial charge in [-0.25, -0.2) is 4.98 Å². The van der Waals surface area contributed by atoms with Crippen LogP contribution in [0.5, 0.6) is 0 Å². The zero-order valence-electron chi connectivity index (χ0n) is 9.04. The maximum atomic E-state index is 11.5. The van der Waals surface area contributed by atoms with Crippen molar-refractivity contribution in [2.45, 2.75) is 13.8 Å². The topological polar surface area (TPSA) is 45.8 Å². The number of hydrogen-bond donors (Lipinski definition) is 1. The molecule has 0 spiro atoms. The van der Waals surface area contributed by atoms with E-state index in [9.17, 15) is 4.79 Å². The lowest BCUT2D eigenvalue weighted by Gasteiger charge is -2.03. The van der Waals surface area contributed by atoms with Crippen LogP contribution >= 0.6 is 11.6 Å². The van der Waals surface area contributed by atoms with Crippen LogP contribution in [0.1, 0.15) is 11.3 Å². The molecule has 16 heavy (non-hydrogen) atoms. The van der Waals surface area contributed by atoms with Crippen molar-refractivity contribution < 1.29 is 0 Å². The first-order valence-electron chi connectivity index (χ1n) is 4.91. The molecule has 3 nitrogen and oxygen atoms in total. The smallest absolute Gasteiger partial charge is 0.270 e. The van der Waals surface area contributed by atoms with E-state index < -0.39 is 0 Å². The van der Waals surface area contributed by atoms with Gasteiger partial charge in [0.15, 0.2) is 0 Å². The van der Waals surface area contributed by atoms with Gasteiger partial charge in [-0.15, -0.1) is 0 Å². The Labute approximate surface area is 98.1 Å². The minimum Gasteiger partial charge on any atom is -0.305 e. The molecule has 2 aromatic rings.